The summed E-state index contributed by atoms with van der Waals surface area (Å²) in [5, 5.41) is 1.87. The van der Waals surface area contributed by atoms with Crippen LogP contribution in [0.15, 0.2) is 28.1 Å². The maximum atomic E-state index is 13.6. The van der Waals surface area contributed by atoms with Crippen molar-refractivity contribution in [3.05, 3.63) is 50.1 Å². The van der Waals surface area contributed by atoms with Crippen molar-refractivity contribution in [2.45, 2.75) is 13.2 Å². The molecule has 2 N–H and O–H groups in total. The average Bonchev–Trinajstić information content (AvgIpc) is 2.73. The van der Waals surface area contributed by atoms with Gasteiger partial charge in [-0.3, -0.25) is 0 Å². The van der Waals surface area contributed by atoms with Crippen LogP contribution in [-0.4, -0.2) is 0 Å². The van der Waals surface area contributed by atoms with E-state index in [-0.39, 0.29) is 18.9 Å². The molecular formula is C12H10BrF2NOS. The molecule has 1 heterocycles. The van der Waals surface area contributed by atoms with E-state index in [9.17, 15) is 8.78 Å². The van der Waals surface area contributed by atoms with Gasteiger partial charge in [-0.15, -0.1) is 11.3 Å². The highest BCUT2D eigenvalue weighted by Crippen LogP contribution is 2.27. The number of rotatable bonds is 4. The molecule has 18 heavy (non-hydrogen) atoms. The lowest BCUT2D eigenvalue weighted by Crippen LogP contribution is -2.03. The molecule has 0 saturated heterocycles. The molecule has 0 spiro atoms. The van der Waals surface area contributed by atoms with Gasteiger partial charge < -0.3 is 10.5 Å². The van der Waals surface area contributed by atoms with Crippen molar-refractivity contribution in [2.75, 3.05) is 0 Å². The standard InChI is InChI=1S/C12H10BrF2NOS/c13-8-1-2-18-11(8)6-17-12-9(14)3-7(5-16)4-10(12)15/h1-4H,5-6,16H2. The van der Waals surface area contributed by atoms with E-state index >= 15 is 0 Å². The number of halogens is 3. The van der Waals surface area contributed by atoms with Gasteiger partial charge in [-0.05, 0) is 45.1 Å². The van der Waals surface area contributed by atoms with Crippen LogP contribution in [0.25, 0.3) is 0 Å². The number of hydrogen-bond acceptors (Lipinski definition) is 3. The van der Waals surface area contributed by atoms with Crippen LogP contribution in [0.2, 0.25) is 0 Å². The summed E-state index contributed by atoms with van der Waals surface area (Å²) in [6, 6.07) is 4.22. The largest absolute Gasteiger partial charge is 0.482 e. The van der Waals surface area contributed by atoms with E-state index in [4.69, 9.17) is 10.5 Å². The summed E-state index contributed by atoms with van der Waals surface area (Å²) in [5.74, 6) is -1.83. The fourth-order valence-corrected chi connectivity index (χ4v) is 2.81. The second-order valence-corrected chi connectivity index (χ2v) is 5.43. The zero-order valence-electron chi connectivity index (χ0n) is 9.25. The van der Waals surface area contributed by atoms with Gasteiger partial charge in [0.25, 0.3) is 0 Å². The Morgan fingerprint density at radius 2 is 1.94 bits per heavy atom. The lowest BCUT2D eigenvalue weighted by Gasteiger charge is -2.09. The summed E-state index contributed by atoms with van der Waals surface area (Å²) in [6.45, 7) is 0.207. The molecule has 1 aromatic carbocycles. The number of benzene rings is 1. The highest BCUT2D eigenvalue weighted by Gasteiger charge is 2.13. The third-order valence-electron chi connectivity index (χ3n) is 2.33. The minimum absolute atomic E-state index is 0.0879. The number of ether oxygens (including phenoxy) is 1. The quantitative estimate of drug-likeness (QED) is 0.922. The minimum atomic E-state index is -0.733. The van der Waals surface area contributed by atoms with Gasteiger partial charge >= 0.3 is 0 Å². The van der Waals surface area contributed by atoms with Crippen molar-refractivity contribution in [1.82, 2.24) is 0 Å². The van der Waals surface area contributed by atoms with Crippen LogP contribution in [-0.2, 0) is 13.2 Å². The SMILES string of the molecule is NCc1cc(F)c(OCc2sccc2Br)c(F)c1. The summed E-state index contributed by atoms with van der Waals surface area (Å²) in [4.78, 5) is 0.872. The fraction of sp³-hybridized carbons (Fsp3) is 0.167. The van der Waals surface area contributed by atoms with Gasteiger partial charge in [0.15, 0.2) is 17.4 Å². The predicted octanol–water partition coefficient (Wildman–Crippen LogP) is 3.83. The molecule has 0 radical (unpaired) electrons. The monoisotopic (exact) mass is 333 g/mol. The maximum Gasteiger partial charge on any atom is 0.191 e. The number of thiophene rings is 1. The van der Waals surface area contributed by atoms with Gasteiger partial charge in [-0.1, -0.05) is 0 Å². The first kappa shape index (κ1) is 13.5. The average molecular weight is 334 g/mol. The van der Waals surface area contributed by atoms with Crippen LogP contribution < -0.4 is 10.5 Å². The lowest BCUT2D eigenvalue weighted by molar-refractivity contribution is 0.276. The van der Waals surface area contributed by atoms with Crippen molar-refractivity contribution >= 4 is 27.3 Å². The molecule has 1 aromatic heterocycles. The lowest BCUT2D eigenvalue weighted by atomic mass is 10.2. The first-order chi connectivity index (χ1) is 8.61. The molecule has 96 valence electrons. The van der Waals surface area contributed by atoms with E-state index in [0.29, 0.717) is 5.56 Å². The molecule has 0 amide bonds. The molecule has 0 saturated carbocycles. The molecule has 2 aromatic rings. The summed E-state index contributed by atoms with van der Waals surface area (Å²) in [6.07, 6.45) is 0. The topological polar surface area (TPSA) is 35.2 Å². The van der Waals surface area contributed by atoms with Crippen molar-refractivity contribution in [3.63, 3.8) is 0 Å². The molecular weight excluding hydrogens is 324 g/mol. The van der Waals surface area contributed by atoms with Crippen LogP contribution in [0.3, 0.4) is 0 Å². The van der Waals surface area contributed by atoms with Gasteiger partial charge in [0, 0.05) is 11.0 Å². The summed E-state index contributed by atoms with van der Waals surface area (Å²) >= 11 is 4.78. The minimum Gasteiger partial charge on any atom is -0.482 e. The first-order valence-electron chi connectivity index (χ1n) is 5.14. The molecule has 0 aliphatic carbocycles. The third-order valence-corrected chi connectivity index (χ3v) is 4.23. The summed E-state index contributed by atoms with van der Waals surface area (Å²) in [7, 11) is 0. The van der Waals surface area contributed by atoms with Crippen LogP contribution in [0.5, 0.6) is 5.75 Å². The Bertz CT molecular complexity index is 536. The van der Waals surface area contributed by atoms with Gasteiger partial charge in [-0.2, -0.15) is 0 Å². The number of hydrogen-bond donors (Lipinski definition) is 1. The maximum absolute atomic E-state index is 13.6. The molecule has 0 unspecified atom stereocenters. The predicted molar refractivity (Wildman–Crippen MR) is 70.6 cm³/mol. The van der Waals surface area contributed by atoms with Crippen molar-refractivity contribution in [1.29, 1.82) is 0 Å². The Morgan fingerprint density at radius 1 is 1.28 bits per heavy atom. The van der Waals surface area contributed by atoms with Gasteiger partial charge in [-0.25, -0.2) is 8.78 Å². The number of nitrogens with two attached hydrogens (primary N) is 1. The smallest absolute Gasteiger partial charge is 0.191 e. The second kappa shape index (κ2) is 5.77. The molecule has 0 aliphatic heterocycles. The highest BCUT2D eigenvalue weighted by molar-refractivity contribution is 9.10. The Labute approximate surface area is 116 Å². The molecule has 0 atom stereocenters. The van der Waals surface area contributed by atoms with Gasteiger partial charge in [0.1, 0.15) is 6.61 Å². The Hall–Kier alpha value is -0.980. The van der Waals surface area contributed by atoms with Crippen LogP contribution in [0.1, 0.15) is 10.4 Å². The van der Waals surface area contributed by atoms with Crippen molar-refractivity contribution < 1.29 is 13.5 Å². The zero-order chi connectivity index (χ0) is 13.1. The zero-order valence-corrected chi connectivity index (χ0v) is 11.7. The first-order valence-corrected chi connectivity index (χ1v) is 6.81. The third kappa shape index (κ3) is 2.88. The van der Waals surface area contributed by atoms with E-state index < -0.39 is 11.6 Å². The van der Waals surface area contributed by atoms with Crippen molar-refractivity contribution in [3.8, 4) is 5.75 Å². The fourth-order valence-electron chi connectivity index (χ4n) is 1.43. The molecule has 0 aliphatic rings. The molecule has 2 nitrogen and oxygen atoms in total. The normalized spacial score (nSPS) is 10.7. The molecule has 0 bridgehead atoms. The van der Waals surface area contributed by atoms with E-state index in [1.165, 1.54) is 23.5 Å². The summed E-state index contributed by atoms with van der Waals surface area (Å²) in [5.41, 5.74) is 5.73. The molecule has 2 rings (SSSR count). The van der Waals surface area contributed by atoms with E-state index in [1.807, 2.05) is 11.4 Å². The van der Waals surface area contributed by atoms with E-state index in [1.54, 1.807) is 0 Å². The second-order valence-electron chi connectivity index (χ2n) is 3.57. The Morgan fingerprint density at radius 3 is 2.44 bits per heavy atom. The van der Waals surface area contributed by atoms with Gasteiger partial charge in [0.2, 0.25) is 0 Å². The van der Waals surface area contributed by atoms with Crippen LogP contribution in [0, 0.1) is 11.6 Å². The molecule has 6 heteroatoms. The van der Waals surface area contributed by atoms with Crippen molar-refractivity contribution in [2.24, 2.45) is 5.73 Å². The highest BCUT2D eigenvalue weighted by atomic mass is 79.9. The van der Waals surface area contributed by atoms with Crippen LogP contribution >= 0.6 is 27.3 Å². The molecule has 0 fully saturated rings. The van der Waals surface area contributed by atoms with E-state index in [2.05, 4.69) is 15.9 Å². The van der Waals surface area contributed by atoms with Crippen LogP contribution in [0.4, 0.5) is 8.78 Å². The van der Waals surface area contributed by atoms with Gasteiger partial charge in [0.05, 0.1) is 4.88 Å². The Kier molecular flexibility index (Phi) is 4.31. The Balaban J connectivity index is 2.17. The van der Waals surface area contributed by atoms with E-state index in [0.717, 1.165) is 9.35 Å². The summed E-state index contributed by atoms with van der Waals surface area (Å²) < 4.78 is 33.2.